The minimum atomic E-state index is -4.84. The summed E-state index contributed by atoms with van der Waals surface area (Å²) in [5.74, 6) is -3.42. The normalized spacial score (nSPS) is 13.3. The number of anilines is 1. The minimum Gasteiger partial charge on any atom is -0.473 e. The first-order chi connectivity index (χ1) is 17.7. The highest BCUT2D eigenvalue weighted by Crippen LogP contribution is 2.39. The average molecular weight is 539 g/mol. The minimum absolute atomic E-state index is 0.0568. The van der Waals surface area contributed by atoms with E-state index in [9.17, 15) is 31.5 Å². The molecular formula is C25H22F5N3O5. The SMILES string of the molecule is CC(C)(C)OC(=O)N1CCn2c1cc(OCc1ccc(Oc3ccc(F)c(F)c3)c(C(F)(F)F)c1)nc2=O. The lowest BCUT2D eigenvalue weighted by atomic mass is 10.1. The quantitative estimate of drug-likeness (QED) is 0.389. The van der Waals surface area contributed by atoms with Gasteiger partial charge in [0.15, 0.2) is 11.6 Å². The molecule has 4 rings (SSSR count). The van der Waals surface area contributed by atoms with Crippen molar-refractivity contribution in [3.05, 3.63) is 75.7 Å². The molecule has 1 aromatic heterocycles. The molecule has 0 bridgehead atoms. The predicted octanol–water partition coefficient (Wildman–Crippen LogP) is 5.67. The number of rotatable bonds is 5. The molecular weight excluding hydrogens is 517 g/mol. The van der Waals surface area contributed by atoms with E-state index >= 15 is 0 Å². The molecule has 0 aliphatic carbocycles. The highest BCUT2D eigenvalue weighted by atomic mass is 19.4. The van der Waals surface area contributed by atoms with Gasteiger partial charge in [-0.05, 0) is 50.6 Å². The Morgan fingerprint density at radius 3 is 2.39 bits per heavy atom. The van der Waals surface area contributed by atoms with Gasteiger partial charge in [0.1, 0.15) is 29.5 Å². The van der Waals surface area contributed by atoms with Gasteiger partial charge in [0.25, 0.3) is 0 Å². The Kier molecular flexibility index (Phi) is 7.04. The van der Waals surface area contributed by atoms with Crippen molar-refractivity contribution in [1.29, 1.82) is 0 Å². The third-order valence-electron chi connectivity index (χ3n) is 5.26. The topological polar surface area (TPSA) is 82.9 Å². The second kappa shape index (κ2) is 9.95. The van der Waals surface area contributed by atoms with Gasteiger partial charge in [-0.15, -0.1) is 0 Å². The van der Waals surface area contributed by atoms with Crippen LogP contribution in [0.2, 0.25) is 0 Å². The van der Waals surface area contributed by atoms with E-state index in [2.05, 4.69) is 4.98 Å². The second-order valence-electron chi connectivity index (χ2n) is 9.31. The van der Waals surface area contributed by atoms with Crippen LogP contribution in [0.15, 0.2) is 47.3 Å². The highest BCUT2D eigenvalue weighted by Gasteiger charge is 2.35. The smallest absolute Gasteiger partial charge is 0.419 e. The largest absolute Gasteiger partial charge is 0.473 e. The van der Waals surface area contributed by atoms with Gasteiger partial charge in [-0.1, -0.05) is 6.07 Å². The standard InChI is InChI=1S/C25H22F5N3O5/c1-24(2,3)38-23(35)33-9-8-32-21(33)12-20(31-22(32)34)36-13-14-4-7-19(16(10-14)25(28,29)30)37-15-5-6-17(26)18(27)11-15/h4-7,10-12H,8-9,13H2,1-3H3. The van der Waals surface area contributed by atoms with Gasteiger partial charge in [-0.2, -0.15) is 18.2 Å². The first-order valence-electron chi connectivity index (χ1n) is 11.3. The monoisotopic (exact) mass is 539 g/mol. The molecule has 8 nitrogen and oxygen atoms in total. The first kappa shape index (κ1) is 26.9. The zero-order chi connectivity index (χ0) is 27.8. The van der Waals surface area contributed by atoms with E-state index in [1.54, 1.807) is 20.8 Å². The fourth-order valence-electron chi connectivity index (χ4n) is 3.60. The van der Waals surface area contributed by atoms with Crippen molar-refractivity contribution in [2.75, 3.05) is 11.4 Å². The van der Waals surface area contributed by atoms with Crippen LogP contribution in [0.4, 0.5) is 32.6 Å². The van der Waals surface area contributed by atoms with Crippen LogP contribution in [0.25, 0.3) is 0 Å². The molecule has 0 saturated carbocycles. The number of hydrogen-bond donors (Lipinski definition) is 0. The van der Waals surface area contributed by atoms with Crippen molar-refractivity contribution in [3.8, 4) is 17.4 Å². The molecule has 0 radical (unpaired) electrons. The average Bonchev–Trinajstić information content (AvgIpc) is 3.24. The molecule has 13 heteroatoms. The van der Waals surface area contributed by atoms with Gasteiger partial charge in [0.2, 0.25) is 5.88 Å². The van der Waals surface area contributed by atoms with Crippen LogP contribution < -0.4 is 20.1 Å². The molecule has 2 aromatic carbocycles. The molecule has 0 saturated heterocycles. The predicted molar refractivity (Wildman–Crippen MR) is 124 cm³/mol. The lowest BCUT2D eigenvalue weighted by molar-refractivity contribution is -0.138. The Hall–Kier alpha value is -4.16. The molecule has 1 aliphatic heterocycles. The van der Waals surface area contributed by atoms with Crippen LogP contribution in [-0.2, 0) is 24.1 Å². The van der Waals surface area contributed by atoms with Gasteiger partial charge in [0, 0.05) is 25.2 Å². The Balaban J connectivity index is 1.55. The van der Waals surface area contributed by atoms with Crippen LogP contribution in [0.3, 0.4) is 0 Å². The summed E-state index contributed by atoms with van der Waals surface area (Å²) in [5.41, 5.74) is -2.59. The Morgan fingerprint density at radius 1 is 1.00 bits per heavy atom. The maximum Gasteiger partial charge on any atom is 0.419 e. The second-order valence-corrected chi connectivity index (χ2v) is 9.31. The van der Waals surface area contributed by atoms with E-state index in [1.165, 1.54) is 21.6 Å². The van der Waals surface area contributed by atoms with E-state index in [4.69, 9.17) is 14.2 Å². The molecule has 0 atom stereocenters. The van der Waals surface area contributed by atoms with E-state index < -0.39 is 53.1 Å². The molecule has 0 unspecified atom stereocenters. The molecule has 1 amide bonds. The number of carbonyl (C=O) groups excluding carboxylic acids is 1. The summed E-state index contributed by atoms with van der Waals surface area (Å²) in [7, 11) is 0. The fraction of sp³-hybridized carbons (Fsp3) is 0.320. The van der Waals surface area contributed by atoms with Crippen LogP contribution in [-0.4, -0.2) is 27.8 Å². The molecule has 1 aliphatic rings. The fourth-order valence-corrected chi connectivity index (χ4v) is 3.60. The molecule has 3 aromatic rings. The Bertz CT molecular complexity index is 1430. The maximum absolute atomic E-state index is 13.7. The van der Waals surface area contributed by atoms with Gasteiger partial charge in [0.05, 0.1) is 5.56 Å². The molecule has 0 spiro atoms. The number of benzene rings is 2. The van der Waals surface area contributed by atoms with E-state index in [0.717, 1.165) is 24.3 Å². The van der Waals surface area contributed by atoms with Crippen LogP contribution in [0.5, 0.6) is 17.4 Å². The number of alkyl halides is 3. The number of carbonyl (C=O) groups is 1. The Morgan fingerprint density at radius 2 is 1.74 bits per heavy atom. The number of fused-ring (bicyclic) bond motifs is 1. The Labute approximate surface area is 213 Å². The zero-order valence-electron chi connectivity index (χ0n) is 20.4. The van der Waals surface area contributed by atoms with Gasteiger partial charge in [-0.3, -0.25) is 9.47 Å². The zero-order valence-corrected chi connectivity index (χ0v) is 20.4. The molecule has 0 N–H and O–H groups in total. The van der Waals surface area contributed by atoms with E-state index in [-0.39, 0.29) is 36.1 Å². The number of halogens is 5. The molecule has 0 fully saturated rings. The van der Waals surface area contributed by atoms with Crippen molar-refractivity contribution >= 4 is 11.9 Å². The summed E-state index contributed by atoms with van der Waals surface area (Å²) >= 11 is 0. The van der Waals surface area contributed by atoms with Gasteiger partial charge in [-0.25, -0.2) is 18.4 Å². The summed E-state index contributed by atoms with van der Waals surface area (Å²) < 4.78 is 85.0. The highest BCUT2D eigenvalue weighted by molar-refractivity contribution is 5.87. The third-order valence-corrected chi connectivity index (χ3v) is 5.26. The molecule has 2 heterocycles. The lowest BCUT2D eigenvalue weighted by Gasteiger charge is -2.24. The molecule has 38 heavy (non-hydrogen) atoms. The number of ether oxygens (including phenoxy) is 3. The van der Waals surface area contributed by atoms with Crippen molar-refractivity contribution in [2.45, 2.75) is 45.7 Å². The van der Waals surface area contributed by atoms with Crippen LogP contribution in [0, 0.1) is 11.6 Å². The van der Waals surface area contributed by atoms with Crippen LogP contribution >= 0.6 is 0 Å². The summed E-state index contributed by atoms with van der Waals surface area (Å²) in [6.07, 6.45) is -5.52. The van der Waals surface area contributed by atoms with Gasteiger partial charge >= 0.3 is 18.0 Å². The van der Waals surface area contributed by atoms with Gasteiger partial charge < -0.3 is 14.2 Å². The summed E-state index contributed by atoms with van der Waals surface area (Å²) in [5, 5.41) is 0. The van der Waals surface area contributed by atoms with Crippen molar-refractivity contribution in [2.24, 2.45) is 0 Å². The van der Waals surface area contributed by atoms with Crippen LogP contribution in [0.1, 0.15) is 31.9 Å². The number of hydrogen-bond acceptors (Lipinski definition) is 6. The number of nitrogens with zero attached hydrogens (tertiary/aromatic N) is 3. The third kappa shape index (κ3) is 6.03. The van der Waals surface area contributed by atoms with E-state index in [1.807, 2.05) is 0 Å². The lowest BCUT2D eigenvalue weighted by Crippen LogP contribution is -2.36. The molecule has 202 valence electrons. The van der Waals surface area contributed by atoms with Crippen molar-refractivity contribution in [1.82, 2.24) is 9.55 Å². The van der Waals surface area contributed by atoms with Crippen molar-refractivity contribution < 1.29 is 41.0 Å². The maximum atomic E-state index is 13.7. The van der Waals surface area contributed by atoms with Crippen molar-refractivity contribution in [3.63, 3.8) is 0 Å². The van der Waals surface area contributed by atoms with E-state index in [0.29, 0.717) is 6.07 Å². The number of amides is 1. The summed E-state index contributed by atoms with van der Waals surface area (Å²) in [6, 6.07) is 6.73. The first-order valence-corrected chi connectivity index (χ1v) is 11.3. The summed E-state index contributed by atoms with van der Waals surface area (Å²) in [6.45, 7) is 5.03. The number of aromatic nitrogens is 2. The summed E-state index contributed by atoms with van der Waals surface area (Å²) in [4.78, 5) is 30.0.